The van der Waals surface area contributed by atoms with Gasteiger partial charge in [0.2, 0.25) is 0 Å². The Morgan fingerprint density at radius 1 is 0.218 bits per heavy atom. The lowest BCUT2D eigenvalue weighted by Crippen LogP contribution is -2.04. The van der Waals surface area contributed by atoms with Crippen LogP contribution in [0.15, 0.2) is 261 Å². The first-order chi connectivity index (χ1) is 38.6. The van der Waals surface area contributed by atoms with Crippen LogP contribution in [0, 0.1) is 0 Å². The van der Waals surface area contributed by atoms with Crippen molar-refractivity contribution < 1.29 is 0 Å². The van der Waals surface area contributed by atoms with Crippen LogP contribution >= 0.6 is 0 Å². The minimum absolute atomic E-state index is 0.416. The molecule has 15 aromatic rings. The third-order valence-corrected chi connectivity index (χ3v) is 14.6. The van der Waals surface area contributed by atoms with Gasteiger partial charge in [-0.2, -0.15) is 0 Å². The molecule has 9 heteroatoms. The molecule has 0 N–H and O–H groups in total. The molecule has 0 saturated heterocycles. The van der Waals surface area contributed by atoms with Crippen molar-refractivity contribution in [3.63, 3.8) is 0 Å². The molecule has 0 atom stereocenters. The van der Waals surface area contributed by atoms with Crippen LogP contribution in [-0.2, 0) is 0 Å². The van der Waals surface area contributed by atoms with E-state index >= 15 is 0 Å². The van der Waals surface area contributed by atoms with Crippen LogP contribution in [0.3, 0.4) is 0 Å². The lowest BCUT2D eigenvalue weighted by atomic mass is 10.0. The van der Waals surface area contributed by atoms with Gasteiger partial charge < -0.3 is 9.13 Å². The Hall–Kier alpha value is -10.8. The van der Waals surface area contributed by atoms with Crippen LogP contribution in [0.4, 0.5) is 0 Å². The van der Waals surface area contributed by atoms with E-state index in [0.717, 1.165) is 83.4 Å². The van der Waals surface area contributed by atoms with Gasteiger partial charge in [0.05, 0.1) is 39.0 Å². The number of para-hydroxylation sites is 5. The maximum atomic E-state index is 5.43. The van der Waals surface area contributed by atoms with Crippen molar-refractivity contribution >= 4 is 54.5 Å². The molecule has 0 amide bonds. The smallest absolute Gasteiger partial charge is 0.182 e. The van der Waals surface area contributed by atoms with Crippen LogP contribution in [0.5, 0.6) is 0 Å². The third kappa shape index (κ3) is 7.76. The second kappa shape index (κ2) is 18.6. The van der Waals surface area contributed by atoms with Crippen molar-refractivity contribution in [1.29, 1.82) is 0 Å². The number of fused-ring (bicyclic) bond motifs is 7. The van der Waals surface area contributed by atoms with Crippen molar-refractivity contribution in [2.75, 3.05) is 0 Å². The summed E-state index contributed by atoms with van der Waals surface area (Å²) in [6, 6.07) is 90.0. The van der Waals surface area contributed by atoms with Gasteiger partial charge in [-0.05, 0) is 54.6 Å². The molecule has 0 radical (unpaired) electrons. The summed E-state index contributed by atoms with van der Waals surface area (Å²) in [7, 11) is 0. The van der Waals surface area contributed by atoms with E-state index < -0.39 is 0 Å². The molecule has 0 saturated carbocycles. The lowest BCUT2D eigenvalue weighted by molar-refractivity contribution is 1.05. The van der Waals surface area contributed by atoms with Gasteiger partial charge in [0.1, 0.15) is 5.69 Å². The number of rotatable bonds is 9. The van der Waals surface area contributed by atoms with E-state index in [-0.39, 0.29) is 0 Å². The fraction of sp³-hybridized carbons (Fsp3) is 0. The van der Waals surface area contributed by atoms with Gasteiger partial charge in [0.15, 0.2) is 29.1 Å². The number of nitrogens with zero attached hydrogens (tertiary/aromatic N) is 9. The minimum atomic E-state index is 0.416. The lowest BCUT2D eigenvalue weighted by Gasteiger charge is -2.16. The van der Waals surface area contributed by atoms with Gasteiger partial charge in [-0.3, -0.25) is 0 Å². The normalized spacial score (nSPS) is 11.6. The first-order valence-electron chi connectivity index (χ1n) is 26.0. The summed E-state index contributed by atoms with van der Waals surface area (Å²) < 4.78 is 4.74. The standard InChI is InChI=1S/C69H43N9/c1-4-20-45(21-5-1)65-71-58(49-40-50(77-60-32-16-11-26-52(60)53-27-12-17-33-61(53)77)42-51(41-49)78-62-34-18-13-28-54(62)55-29-14-19-35-63(55)78)43-59(72-65)69-75-67(47-24-8-3-9-25-47)74-68(76-69)48-38-36-44(37-39-48)64-56-30-10-15-31-57(56)70-66(73-64)46-22-6-2-7-23-46/h1-43H. The van der Waals surface area contributed by atoms with Gasteiger partial charge in [0.25, 0.3) is 0 Å². The quantitative estimate of drug-likeness (QED) is 0.142. The highest BCUT2D eigenvalue weighted by Crippen LogP contribution is 2.39. The molecule has 0 fully saturated rings. The van der Waals surface area contributed by atoms with E-state index in [1.807, 2.05) is 115 Å². The first kappa shape index (κ1) is 44.7. The van der Waals surface area contributed by atoms with E-state index in [1.165, 1.54) is 21.5 Å². The Morgan fingerprint density at radius 3 is 1.06 bits per heavy atom. The van der Waals surface area contributed by atoms with E-state index in [1.54, 1.807) is 0 Å². The van der Waals surface area contributed by atoms with Crippen LogP contribution in [0.25, 0.3) is 145 Å². The first-order valence-corrected chi connectivity index (χ1v) is 26.0. The largest absolute Gasteiger partial charge is 0.309 e. The van der Waals surface area contributed by atoms with E-state index in [4.69, 9.17) is 34.9 Å². The molecule has 0 aliphatic carbocycles. The molecular formula is C69H43N9. The predicted molar refractivity (Wildman–Crippen MR) is 315 cm³/mol. The highest BCUT2D eigenvalue weighted by molar-refractivity contribution is 6.11. The summed E-state index contributed by atoms with van der Waals surface area (Å²) in [5.41, 5.74) is 14.7. The third-order valence-electron chi connectivity index (χ3n) is 14.6. The van der Waals surface area contributed by atoms with Crippen molar-refractivity contribution in [3.8, 4) is 91.0 Å². The molecule has 0 aliphatic rings. The monoisotopic (exact) mass is 997 g/mol. The maximum absolute atomic E-state index is 5.43. The second-order valence-electron chi connectivity index (χ2n) is 19.3. The summed E-state index contributed by atoms with van der Waals surface area (Å²) in [6.07, 6.45) is 0. The molecule has 15 rings (SSSR count). The zero-order valence-electron chi connectivity index (χ0n) is 41.9. The van der Waals surface area contributed by atoms with Crippen LogP contribution in [0.2, 0.25) is 0 Å². The number of hydrogen-bond donors (Lipinski definition) is 0. The van der Waals surface area contributed by atoms with Gasteiger partial charge in [0, 0.05) is 71.7 Å². The van der Waals surface area contributed by atoms with Crippen LogP contribution < -0.4 is 0 Å². The van der Waals surface area contributed by atoms with E-state index in [2.05, 4.69) is 155 Å². The predicted octanol–water partition coefficient (Wildman–Crippen LogP) is 16.5. The summed E-state index contributed by atoms with van der Waals surface area (Å²) >= 11 is 0. The number of benzene rings is 10. The fourth-order valence-electron chi connectivity index (χ4n) is 11.0. The summed E-state index contributed by atoms with van der Waals surface area (Å²) in [5.74, 6) is 2.66. The molecular weight excluding hydrogens is 955 g/mol. The Labute approximate surface area is 448 Å². The summed E-state index contributed by atoms with van der Waals surface area (Å²) in [6.45, 7) is 0. The average molecular weight is 998 g/mol. The highest BCUT2D eigenvalue weighted by Gasteiger charge is 2.21. The Kier molecular flexibility index (Phi) is 10.6. The molecule has 5 heterocycles. The van der Waals surface area contributed by atoms with E-state index in [9.17, 15) is 0 Å². The minimum Gasteiger partial charge on any atom is -0.309 e. The van der Waals surface area contributed by atoms with Crippen LogP contribution in [-0.4, -0.2) is 44.0 Å². The Balaban J connectivity index is 0.936. The van der Waals surface area contributed by atoms with Crippen molar-refractivity contribution in [3.05, 3.63) is 261 Å². The molecule has 0 bridgehead atoms. The second-order valence-corrected chi connectivity index (χ2v) is 19.3. The summed E-state index contributed by atoms with van der Waals surface area (Å²) in [5, 5.41) is 5.70. The Bertz CT molecular complexity index is 4540. The molecule has 0 unspecified atom stereocenters. The molecule has 9 nitrogen and oxygen atoms in total. The zero-order valence-corrected chi connectivity index (χ0v) is 41.9. The van der Waals surface area contributed by atoms with Gasteiger partial charge in [-0.1, -0.05) is 206 Å². The average Bonchev–Trinajstić information content (AvgIpc) is 4.22. The van der Waals surface area contributed by atoms with Gasteiger partial charge in [-0.25, -0.2) is 34.9 Å². The van der Waals surface area contributed by atoms with Gasteiger partial charge in [-0.15, -0.1) is 0 Å². The SMILES string of the molecule is c1ccc(-c2nc(-c3cc(-n4c5ccccc5c5ccccc54)cc(-n4c5ccccc5c5ccccc54)c3)cc(-c3nc(-c4ccccc4)nc(-c4ccc(-c5nc(-c6ccccc6)nc6ccccc56)cc4)n3)n2)cc1. The molecule has 78 heavy (non-hydrogen) atoms. The molecule has 10 aromatic carbocycles. The van der Waals surface area contributed by atoms with Gasteiger partial charge >= 0.3 is 0 Å². The van der Waals surface area contributed by atoms with Crippen molar-refractivity contribution in [2.24, 2.45) is 0 Å². The maximum Gasteiger partial charge on any atom is 0.182 e. The van der Waals surface area contributed by atoms with Crippen LogP contribution in [0.1, 0.15) is 0 Å². The molecule has 364 valence electrons. The topological polar surface area (TPSA) is 100 Å². The highest BCUT2D eigenvalue weighted by atomic mass is 15.1. The number of hydrogen-bond acceptors (Lipinski definition) is 7. The van der Waals surface area contributed by atoms with Crippen molar-refractivity contribution in [1.82, 2.24) is 44.0 Å². The molecule has 0 spiro atoms. The molecule has 0 aliphatic heterocycles. The fourth-order valence-corrected chi connectivity index (χ4v) is 11.0. The van der Waals surface area contributed by atoms with E-state index in [0.29, 0.717) is 40.5 Å². The zero-order chi connectivity index (χ0) is 51.5. The number of aromatic nitrogens is 9. The Morgan fingerprint density at radius 2 is 0.577 bits per heavy atom. The van der Waals surface area contributed by atoms with Crippen molar-refractivity contribution in [2.45, 2.75) is 0 Å². The summed E-state index contributed by atoms with van der Waals surface area (Å²) in [4.78, 5) is 36.5. The molecule has 5 aromatic heterocycles.